The maximum atomic E-state index is 11.8. The number of hydrogen-bond donors (Lipinski definition) is 1. The zero-order valence-corrected chi connectivity index (χ0v) is 16.8. The van der Waals surface area contributed by atoms with E-state index in [1.54, 1.807) is 7.11 Å². The zero-order chi connectivity index (χ0) is 20.1. The van der Waals surface area contributed by atoms with Gasteiger partial charge in [-0.15, -0.1) is 0 Å². The number of imidazole rings is 1. The lowest BCUT2D eigenvalue weighted by molar-refractivity contribution is -0.122. The molecule has 0 spiro atoms. The van der Waals surface area contributed by atoms with E-state index in [1.807, 2.05) is 42.5 Å². The Hall–Kier alpha value is -3.02. The lowest BCUT2D eigenvalue weighted by atomic mass is 10.2. The molecule has 29 heavy (non-hydrogen) atoms. The number of aryl methyl sites for hydroxylation is 1. The smallest absolute Gasteiger partial charge is 0.223 e. The average Bonchev–Trinajstić information content (AvgIpc) is 3.55. The average molecular weight is 393 g/mol. The van der Waals surface area contributed by atoms with E-state index in [0.29, 0.717) is 19.7 Å². The summed E-state index contributed by atoms with van der Waals surface area (Å²) < 4.78 is 13.5. The van der Waals surface area contributed by atoms with Crippen LogP contribution in [0, 0.1) is 5.92 Å². The van der Waals surface area contributed by atoms with Gasteiger partial charge in [0, 0.05) is 18.9 Å². The lowest BCUT2D eigenvalue weighted by Gasteiger charge is -2.13. The molecule has 2 aromatic carbocycles. The number of nitrogens with zero attached hydrogens (tertiary/aromatic N) is 2. The fourth-order valence-electron chi connectivity index (χ4n) is 3.50. The molecule has 0 saturated heterocycles. The highest BCUT2D eigenvalue weighted by atomic mass is 16.5. The Kier molecular flexibility index (Phi) is 5.98. The molecule has 6 heteroatoms. The van der Waals surface area contributed by atoms with Crippen molar-refractivity contribution in [3.05, 3.63) is 54.4 Å². The van der Waals surface area contributed by atoms with Gasteiger partial charge in [0.2, 0.25) is 5.91 Å². The largest absolute Gasteiger partial charge is 0.493 e. The summed E-state index contributed by atoms with van der Waals surface area (Å²) in [6.45, 7) is 1.91. The molecule has 1 aromatic heterocycles. The van der Waals surface area contributed by atoms with Crippen LogP contribution in [0.3, 0.4) is 0 Å². The Bertz CT molecular complexity index is 978. The third-order valence-electron chi connectivity index (χ3n) is 5.20. The van der Waals surface area contributed by atoms with Crippen LogP contribution in [0.2, 0.25) is 0 Å². The Morgan fingerprint density at radius 1 is 1.14 bits per heavy atom. The highest BCUT2D eigenvalue weighted by molar-refractivity contribution is 5.80. The van der Waals surface area contributed by atoms with Crippen molar-refractivity contribution >= 4 is 16.9 Å². The first-order valence-electron chi connectivity index (χ1n) is 10.2. The molecule has 0 bridgehead atoms. The molecule has 1 aliphatic rings. The van der Waals surface area contributed by atoms with Crippen molar-refractivity contribution in [2.45, 2.75) is 32.2 Å². The highest BCUT2D eigenvalue weighted by Gasteiger charge is 2.29. The van der Waals surface area contributed by atoms with Gasteiger partial charge in [-0.25, -0.2) is 4.98 Å². The van der Waals surface area contributed by atoms with Gasteiger partial charge in [-0.2, -0.15) is 0 Å². The Labute approximate surface area is 170 Å². The molecule has 0 unspecified atom stereocenters. The van der Waals surface area contributed by atoms with Crippen molar-refractivity contribution in [3.63, 3.8) is 0 Å². The van der Waals surface area contributed by atoms with Crippen molar-refractivity contribution in [3.8, 4) is 11.5 Å². The molecular weight excluding hydrogens is 366 g/mol. The van der Waals surface area contributed by atoms with Gasteiger partial charge in [-0.05, 0) is 43.5 Å². The zero-order valence-electron chi connectivity index (χ0n) is 16.8. The molecule has 1 fully saturated rings. The van der Waals surface area contributed by atoms with Crippen LogP contribution in [0.15, 0.2) is 48.5 Å². The third-order valence-corrected chi connectivity index (χ3v) is 5.20. The summed E-state index contributed by atoms with van der Waals surface area (Å²) in [6.07, 6.45) is 3.76. The van der Waals surface area contributed by atoms with Gasteiger partial charge in [0.15, 0.2) is 11.5 Å². The monoisotopic (exact) mass is 393 g/mol. The molecule has 4 rings (SSSR count). The molecule has 3 aromatic rings. The number of carbonyl (C=O) groups is 1. The van der Waals surface area contributed by atoms with E-state index < -0.39 is 0 Å². The van der Waals surface area contributed by atoms with Crippen LogP contribution in [-0.2, 0) is 17.8 Å². The second-order valence-electron chi connectivity index (χ2n) is 7.34. The summed E-state index contributed by atoms with van der Waals surface area (Å²) in [5.41, 5.74) is 2.09. The minimum atomic E-state index is 0.198. The molecule has 0 radical (unpaired) electrons. The predicted octanol–water partition coefficient (Wildman–Crippen LogP) is 3.58. The maximum absolute atomic E-state index is 11.8. The molecule has 1 amide bonds. The number of para-hydroxylation sites is 4. The quantitative estimate of drug-likeness (QED) is 0.535. The van der Waals surface area contributed by atoms with E-state index >= 15 is 0 Å². The normalized spacial score (nSPS) is 13.4. The van der Waals surface area contributed by atoms with Gasteiger partial charge in [0.05, 0.1) is 24.7 Å². The molecule has 1 heterocycles. The SMILES string of the molecule is COc1ccccc1OCCn1c(CCCNC(=O)C2CC2)nc2ccccc21. The van der Waals surface area contributed by atoms with E-state index in [1.165, 1.54) is 0 Å². The van der Waals surface area contributed by atoms with Crippen LogP contribution >= 0.6 is 0 Å². The summed E-state index contributed by atoms with van der Waals surface area (Å²) in [4.78, 5) is 16.6. The molecule has 152 valence electrons. The summed E-state index contributed by atoms with van der Waals surface area (Å²) in [6, 6.07) is 15.8. The van der Waals surface area contributed by atoms with Crippen molar-refractivity contribution in [1.82, 2.24) is 14.9 Å². The predicted molar refractivity (Wildman–Crippen MR) is 112 cm³/mol. The number of hydrogen-bond acceptors (Lipinski definition) is 4. The summed E-state index contributed by atoms with van der Waals surface area (Å²) in [7, 11) is 1.64. The fraction of sp³-hybridized carbons (Fsp3) is 0.391. The number of fused-ring (bicyclic) bond motifs is 1. The number of benzene rings is 2. The van der Waals surface area contributed by atoms with Gasteiger partial charge in [-0.1, -0.05) is 24.3 Å². The number of rotatable bonds is 10. The standard InChI is InChI=1S/C23H27N3O3/c1-28-20-9-4-5-10-21(20)29-16-15-26-19-8-3-2-7-18(19)25-22(26)11-6-14-24-23(27)17-12-13-17/h2-5,7-10,17H,6,11-16H2,1H3,(H,24,27). The van der Waals surface area contributed by atoms with Gasteiger partial charge < -0.3 is 19.4 Å². The third kappa shape index (κ3) is 4.70. The minimum Gasteiger partial charge on any atom is -0.493 e. The number of methoxy groups -OCH3 is 1. The Morgan fingerprint density at radius 2 is 1.90 bits per heavy atom. The maximum Gasteiger partial charge on any atom is 0.223 e. The molecule has 6 nitrogen and oxygen atoms in total. The fourth-order valence-corrected chi connectivity index (χ4v) is 3.50. The van der Waals surface area contributed by atoms with E-state index in [4.69, 9.17) is 14.5 Å². The molecule has 1 saturated carbocycles. The summed E-state index contributed by atoms with van der Waals surface area (Å²) in [5.74, 6) is 2.95. The van der Waals surface area contributed by atoms with Gasteiger partial charge >= 0.3 is 0 Å². The Morgan fingerprint density at radius 3 is 2.69 bits per heavy atom. The molecule has 1 N–H and O–H groups in total. The minimum absolute atomic E-state index is 0.198. The number of aromatic nitrogens is 2. The first kappa shape index (κ1) is 19.3. The number of carbonyl (C=O) groups excluding carboxylic acids is 1. The topological polar surface area (TPSA) is 65.4 Å². The van der Waals surface area contributed by atoms with Crippen LogP contribution in [0.4, 0.5) is 0 Å². The number of ether oxygens (including phenoxy) is 2. The van der Waals surface area contributed by atoms with Crippen molar-refractivity contribution in [2.24, 2.45) is 5.92 Å². The first-order chi connectivity index (χ1) is 14.3. The van der Waals surface area contributed by atoms with E-state index in [2.05, 4.69) is 16.0 Å². The number of nitrogens with one attached hydrogen (secondary N) is 1. The van der Waals surface area contributed by atoms with Gasteiger partial charge in [-0.3, -0.25) is 4.79 Å². The highest BCUT2D eigenvalue weighted by Crippen LogP contribution is 2.28. The Balaban J connectivity index is 1.39. The van der Waals surface area contributed by atoms with E-state index in [0.717, 1.165) is 54.0 Å². The second kappa shape index (κ2) is 8.99. The molecule has 1 aliphatic carbocycles. The van der Waals surface area contributed by atoms with Gasteiger partial charge in [0.1, 0.15) is 12.4 Å². The van der Waals surface area contributed by atoms with E-state index in [9.17, 15) is 4.79 Å². The lowest BCUT2D eigenvalue weighted by Crippen LogP contribution is -2.26. The summed E-state index contributed by atoms with van der Waals surface area (Å²) in [5, 5.41) is 3.03. The summed E-state index contributed by atoms with van der Waals surface area (Å²) >= 11 is 0. The van der Waals surface area contributed by atoms with Crippen LogP contribution < -0.4 is 14.8 Å². The molecule has 0 aliphatic heterocycles. The molecule has 0 atom stereocenters. The van der Waals surface area contributed by atoms with Crippen molar-refractivity contribution in [1.29, 1.82) is 0 Å². The molecular formula is C23H27N3O3. The van der Waals surface area contributed by atoms with Crippen molar-refractivity contribution < 1.29 is 14.3 Å². The van der Waals surface area contributed by atoms with Crippen LogP contribution in [0.1, 0.15) is 25.1 Å². The van der Waals surface area contributed by atoms with Crippen LogP contribution in [-0.4, -0.2) is 35.7 Å². The number of amides is 1. The first-order valence-corrected chi connectivity index (χ1v) is 10.2. The van der Waals surface area contributed by atoms with Crippen molar-refractivity contribution in [2.75, 3.05) is 20.3 Å². The second-order valence-corrected chi connectivity index (χ2v) is 7.34. The van der Waals surface area contributed by atoms with Gasteiger partial charge in [0.25, 0.3) is 0 Å². The van der Waals surface area contributed by atoms with Crippen LogP contribution in [0.5, 0.6) is 11.5 Å². The van der Waals surface area contributed by atoms with Crippen LogP contribution in [0.25, 0.3) is 11.0 Å². The van der Waals surface area contributed by atoms with E-state index in [-0.39, 0.29) is 11.8 Å².